The lowest BCUT2D eigenvalue weighted by molar-refractivity contribution is 0.237. The molecule has 2 atom stereocenters. The number of hydrogen-bond donors (Lipinski definition) is 3. The highest BCUT2D eigenvalue weighted by Crippen LogP contribution is 2.16. The van der Waals surface area contributed by atoms with Gasteiger partial charge in [-0.3, -0.25) is 0 Å². The fourth-order valence-electron chi connectivity index (χ4n) is 1.54. The van der Waals surface area contributed by atoms with Gasteiger partial charge in [-0.1, -0.05) is 0 Å². The van der Waals surface area contributed by atoms with Crippen LogP contribution in [0.4, 0.5) is 4.79 Å². The molecule has 2 unspecified atom stereocenters. The molecule has 1 fully saturated rings. The van der Waals surface area contributed by atoms with Crippen molar-refractivity contribution in [3.63, 3.8) is 0 Å². The summed E-state index contributed by atoms with van der Waals surface area (Å²) in [5.74, 6) is 0. The largest absolute Gasteiger partial charge is 0.338 e. The molecular formula is C8H17N3O. The molecule has 1 aliphatic carbocycles. The van der Waals surface area contributed by atoms with Crippen LogP contribution < -0.4 is 16.4 Å². The number of rotatable bonds is 2. The van der Waals surface area contributed by atoms with Crippen LogP contribution in [0.25, 0.3) is 0 Å². The van der Waals surface area contributed by atoms with Gasteiger partial charge in [0.15, 0.2) is 0 Å². The minimum atomic E-state index is -0.0726. The summed E-state index contributed by atoms with van der Waals surface area (Å²) < 4.78 is 0. The molecule has 0 radical (unpaired) electrons. The molecule has 0 aromatic heterocycles. The average molecular weight is 171 g/mol. The fraction of sp³-hybridized carbons (Fsp3) is 0.875. The Morgan fingerprint density at radius 2 is 2.33 bits per heavy atom. The summed E-state index contributed by atoms with van der Waals surface area (Å²) >= 11 is 0. The zero-order chi connectivity index (χ0) is 8.97. The molecule has 0 saturated heterocycles. The second-order valence-corrected chi connectivity index (χ2v) is 3.27. The molecule has 0 aromatic rings. The van der Waals surface area contributed by atoms with Gasteiger partial charge in [0.1, 0.15) is 0 Å². The molecule has 0 heterocycles. The topological polar surface area (TPSA) is 67.2 Å². The van der Waals surface area contributed by atoms with Crippen molar-refractivity contribution in [2.45, 2.75) is 38.3 Å². The first kappa shape index (κ1) is 9.32. The van der Waals surface area contributed by atoms with Crippen LogP contribution in [-0.4, -0.2) is 24.7 Å². The lowest BCUT2D eigenvalue weighted by Gasteiger charge is -2.12. The summed E-state index contributed by atoms with van der Waals surface area (Å²) in [6.07, 6.45) is 2.95. The molecule has 0 aromatic carbocycles. The van der Waals surface area contributed by atoms with E-state index in [1.54, 1.807) is 0 Å². The third-order valence-corrected chi connectivity index (χ3v) is 2.15. The molecule has 0 bridgehead atoms. The van der Waals surface area contributed by atoms with Crippen molar-refractivity contribution < 1.29 is 4.79 Å². The smallest absolute Gasteiger partial charge is 0.314 e. The number of carbonyl (C=O) groups excluding carboxylic acids is 1. The van der Waals surface area contributed by atoms with Crippen LogP contribution in [0.1, 0.15) is 26.2 Å². The van der Waals surface area contributed by atoms with Crippen LogP contribution in [0.3, 0.4) is 0 Å². The van der Waals surface area contributed by atoms with Gasteiger partial charge in [-0.2, -0.15) is 0 Å². The Morgan fingerprint density at radius 1 is 1.58 bits per heavy atom. The first-order valence-corrected chi connectivity index (χ1v) is 4.52. The molecule has 2 amide bonds. The molecule has 12 heavy (non-hydrogen) atoms. The molecule has 4 N–H and O–H groups in total. The van der Waals surface area contributed by atoms with E-state index in [2.05, 4.69) is 10.6 Å². The zero-order valence-electron chi connectivity index (χ0n) is 7.47. The van der Waals surface area contributed by atoms with Crippen molar-refractivity contribution in [2.24, 2.45) is 5.73 Å². The summed E-state index contributed by atoms with van der Waals surface area (Å²) in [5.41, 5.74) is 5.70. The van der Waals surface area contributed by atoms with E-state index in [0.717, 1.165) is 19.3 Å². The Hall–Kier alpha value is -0.770. The second kappa shape index (κ2) is 4.30. The summed E-state index contributed by atoms with van der Waals surface area (Å²) in [6, 6.07) is 0.486. The van der Waals surface area contributed by atoms with Gasteiger partial charge in [0.05, 0.1) is 0 Å². The van der Waals surface area contributed by atoms with Crippen molar-refractivity contribution in [3.8, 4) is 0 Å². The summed E-state index contributed by atoms with van der Waals surface area (Å²) in [5, 5.41) is 5.58. The van der Waals surface area contributed by atoms with Crippen LogP contribution in [-0.2, 0) is 0 Å². The molecular weight excluding hydrogens is 154 g/mol. The SMILES string of the molecule is CCNC(=O)NC1CCC(N)C1. The number of nitrogens with one attached hydrogen (secondary N) is 2. The third-order valence-electron chi connectivity index (χ3n) is 2.15. The molecule has 0 spiro atoms. The molecule has 1 aliphatic rings. The molecule has 70 valence electrons. The van der Waals surface area contributed by atoms with Crippen molar-refractivity contribution in [1.29, 1.82) is 0 Å². The van der Waals surface area contributed by atoms with Crippen LogP contribution in [0.15, 0.2) is 0 Å². The Labute approximate surface area is 72.9 Å². The first-order valence-electron chi connectivity index (χ1n) is 4.52. The van der Waals surface area contributed by atoms with Crippen molar-refractivity contribution in [3.05, 3.63) is 0 Å². The Morgan fingerprint density at radius 3 is 2.83 bits per heavy atom. The van der Waals surface area contributed by atoms with E-state index in [1.165, 1.54) is 0 Å². The maximum Gasteiger partial charge on any atom is 0.314 e. The van der Waals surface area contributed by atoms with E-state index in [9.17, 15) is 4.79 Å². The number of urea groups is 1. The number of amides is 2. The van der Waals surface area contributed by atoms with Crippen LogP contribution in [0.2, 0.25) is 0 Å². The van der Waals surface area contributed by atoms with E-state index < -0.39 is 0 Å². The predicted molar refractivity (Wildman–Crippen MR) is 47.8 cm³/mol. The summed E-state index contributed by atoms with van der Waals surface area (Å²) in [7, 11) is 0. The Balaban J connectivity index is 2.18. The van der Waals surface area contributed by atoms with Crippen LogP contribution >= 0.6 is 0 Å². The monoisotopic (exact) mass is 171 g/mol. The van der Waals surface area contributed by atoms with Gasteiger partial charge in [0.25, 0.3) is 0 Å². The molecule has 1 saturated carbocycles. The van der Waals surface area contributed by atoms with Gasteiger partial charge >= 0.3 is 6.03 Å². The highest BCUT2D eigenvalue weighted by Gasteiger charge is 2.22. The fourth-order valence-corrected chi connectivity index (χ4v) is 1.54. The summed E-state index contributed by atoms with van der Waals surface area (Å²) in [6.45, 7) is 2.57. The predicted octanol–water partition coefficient (Wildman–Crippen LogP) is 0.185. The van der Waals surface area contributed by atoms with Gasteiger partial charge in [-0.05, 0) is 26.2 Å². The lowest BCUT2D eigenvalue weighted by Crippen LogP contribution is -2.41. The van der Waals surface area contributed by atoms with E-state index in [0.29, 0.717) is 6.54 Å². The van der Waals surface area contributed by atoms with Crippen molar-refractivity contribution >= 4 is 6.03 Å². The lowest BCUT2D eigenvalue weighted by atomic mass is 10.2. The maximum atomic E-state index is 11.0. The molecule has 4 heteroatoms. The third kappa shape index (κ3) is 2.70. The minimum Gasteiger partial charge on any atom is -0.338 e. The van der Waals surface area contributed by atoms with Gasteiger partial charge in [-0.25, -0.2) is 4.79 Å². The average Bonchev–Trinajstić information content (AvgIpc) is 2.36. The highest BCUT2D eigenvalue weighted by molar-refractivity contribution is 5.74. The number of nitrogens with two attached hydrogens (primary N) is 1. The standard InChI is InChI=1S/C8H17N3O/c1-2-10-8(12)11-7-4-3-6(9)5-7/h6-7H,2-5,9H2,1H3,(H2,10,11,12). The quantitative estimate of drug-likeness (QED) is 0.555. The summed E-state index contributed by atoms with van der Waals surface area (Å²) in [4.78, 5) is 11.0. The number of carbonyl (C=O) groups is 1. The highest BCUT2D eigenvalue weighted by atomic mass is 16.2. The van der Waals surface area contributed by atoms with Gasteiger partial charge < -0.3 is 16.4 Å². The zero-order valence-corrected chi connectivity index (χ0v) is 7.47. The van der Waals surface area contributed by atoms with Gasteiger partial charge in [0, 0.05) is 18.6 Å². The van der Waals surface area contributed by atoms with E-state index in [1.807, 2.05) is 6.92 Å². The van der Waals surface area contributed by atoms with Crippen LogP contribution in [0.5, 0.6) is 0 Å². The van der Waals surface area contributed by atoms with Gasteiger partial charge in [0.2, 0.25) is 0 Å². The first-order chi connectivity index (χ1) is 5.72. The molecule has 0 aliphatic heterocycles. The normalized spacial score (nSPS) is 28.5. The van der Waals surface area contributed by atoms with E-state index in [4.69, 9.17) is 5.73 Å². The van der Waals surface area contributed by atoms with E-state index in [-0.39, 0.29) is 18.1 Å². The van der Waals surface area contributed by atoms with Crippen LogP contribution in [0, 0.1) is 0 Å². The van der Waals surface area contributed by atoms with E-state index >= 15 is 0 Å². The Kier molecular flexibility index (Phi) is 3.34. The van der Waals surface area contributed by atoms with Crippen molar-refractivity contribution in [1.82, 2.24) is 10.6 Å². The van der Waals surface area contributed by atoms with Gasteiger partial charge in [-0.15, -0.1) is 0 Å². The minimum absolute atomic E-state index is 0.0726. The molecule has 1 rings (SSSR count). The second-order valence-electron chi connectivity index (χ2n) is 3.27. The van der Waals surface area contributed by atoms with Crippen molar-refractivity contribution in [2.75, 3.05) is 6.54 Å². The maximum absolute atomic E-state index is 11.0. The Bertz CT molecular complexity index is 160. The number of hydrogen-bond acceptors (Lipinski definition) is 2. The molecule has 4 nitrogen and oxygen atoms in total.